The molecule has 2 N–H and O–H groups in total. The van der Waals surface area contributed by atoms with Crippen molar-refractivity contribution in [3.05, 3.63) is 30.3 Å². The zero-order valence-electron chi connectivity index (χ0n) is 13.5. The van der Waals surface area contributed by atoms with Crippen molar-refractivity contribution in [1.29, 1.82) is 0 Å². The van der Waals surface area contributed by atoms with E-state index in [0.717, 1.165) is 25.7 Å². The van der Waals surface area contributed by atoms with E-state index in [4.69, 9.17) is 4.52 Å². The Morgan fingerprint density at radius 2 is 2.21 bits per heavy atom. The lowest BCUT2D eigenvalue weighted by Crippen LogP contribution is -2.43. The fraction of sp³-hybridized carbons (Fsp3) is 0.529. The van der Waals surface area contributed by atoms with Gasteiger partial charge in [-0.25, -0.2) is 0 Å². The van der Waals surface area contributed by atoms with E-state index in [1.54, 1.807) is 12.3 Å². The van der Waals surface area contributed by atoms with Gasteiger partial charge in [0.05, 0.1) is 0 Å². The first-order valence-electron chi connectivity index (χ1n) is 8.40. The van der Waals surface area contributed by atoms with Crippen LogP contribution >= 0.6 is 0 Å². The van der Waals surface area contributed by atoms with Crippen LogP contribution in [0.2, 0.25) is 0 Å². The molecule has 0 radical (unpaired) electrons. The van der Waals surface area contributed by atoms with Gasteiger partial charge in [0.15, 0.2) is 0 Å². The third-order valence-electron chi connectivity index (χ3n) is 4.42. The Hall–Kier alpha value is -2.28. The maximum Gasteiger partial charge on any atom is 0.227 e. The van der Waals surface area contributed by atoms with Crippen molar-refractivity contribution in [1.82, 2.24) is 20.4 Å². The second-order valence-corrected chi connectivity index (χ2v) is 6.13. The standard InChI is InChI=1S/C17H22N4O3/c22-11-12-5-1-2-6-13(12)19-15(23)8-9-16-20-17(21-24-16)14-7-3-4-10-18-14/h3-4,7,10,12-13,22H,1-2,5-6,8-9,11H2,(H,19,23). The molecule has 7 heteroatoms. The van der Waals surface area contributed by atoms with E-state index in [1.807, 2.05) is 12.1 Å². The average molecular weight is 330 g/mol. The number of carbonyl (C=O) groups is 1. The third-order valence-corrected chi connectivity index (χ3v) is 4.42. The van der Waals surface area contributed by atoms with Crippen LogP contribution in [-0.2, 0) is 11.2 Å². The Bertz CT molecular complexity index is 659. The maximum absolute atomic E-state index is 12.1. The van der Waals surface area contributed by atoms with Gasteiger partial charge < -0.3 is 14.9 Å². The highest BCUT2D eigenvalue weighted by Crippen LogP contribution is 2.24. The number of aliphatic hydroxyl groups is 1. The molecule has 1 saturated carbocycles. The Morgan fingerprint density at radius 3 is 3.00 bits per heavy atom. The quantitative estimate of drug-likeness (QED) is 0.836. The van der Waals surface area contributed by atoms with Gasteiger partial charge in [-0.1, -0.05) is 24.1 Å². The normalized spacial score (nSPS) is 20.7. The van der Waals surface area contributed by atoms with E-state index < -0.39 is 0 Å². The molecule has 24 heavy (non-hydrogen) atoms. The van der Waals surface area contributed by atoms with Crippen LogP contribution in [0.25, 0.3) is 11.5 Å². The summed E-state index contributed by atoms with van der Waals surface area (Å²) in [4.78, 5) is 20.6. The van der Waals surface area contributed by atoms with Crippen LogP contribution in [0.5, 0.6) is 0 Å². The number of hydrogen-bond donors (Lipinski definition) is 2. The first-order valence-corrected chi connectivity index (χ1v) is 8.40. The number of nitrogens with zero attached hydrogens (tertiary/aromatic N) is 3. The molecule has 0 saturated heterocycles. The van der Waals surface area contributed by atoms with Crippen LogP contribution in [0, 0.1) is 5.92 Å². The summed E-state index contributed by atoms with van der Waals surface area (Å²) in [7, 11) is 0. The number of hydrogen-bond acceptors (Lipinski definition) is 6. The molecule has 2 heterocycles. The molecule has 0 spiro atoms. The van der Waals surface area contributed by atoms with E-state index in [2.05, 4.69) is 20.4 Å². The molecule has 1 amide bonds. The number of carbonyl (C=O) groups excluding carboxylic acids is 1. The van der Waals surface area contributed by atoms with Crippen LogP contribution in [0.4, 0.5) is 0 Å². The van der Waals surface area contributed by atoms with Crippen molar-refractivity contribution in [3.8, 4) is 11.5 Å². The summed E-state index contributed by atoms with van der Waals surface area (Å²) in [6.07, 6.45) is 6.47. The van der Waals surface area contributed by atoms with E-state index in [1.165, 1.54) is 0 Å². The lowest BCUT2D eigenvalue weighted by Gasteiger charge is -2.30. The minimum atomic E-state index is -0.0436. The Balaban J connectivity index is 1.50. The smallest absolute Gasteiger partial charge is 0.227 e. The van der Waals surface area contributed by atoms with E-state index >= 15 is 0 Å². The zero-order chi connectivity index (χ0) is 16.8. The summed E-state index contributed by atoms with van der Waals surface area (Å²) in [5.41, 5.74) is 0.643. The summed E-state index contributed by atoms with van der Waals surface area (Å²) in [6.45, 7) is 0.127. The Kier molecular flexibility index (Phi) is 5.53. The minimum Gasteiger partial charge on any atom is -0.396 e. The van der Waals surface area contributed by atoms with Gasteiger partial charge in [-0.15, -0.1) is 0 Å². The molecule has 1 fully saturated rings. The van der Waals surface area contributed by atoms with E-state index in [0.29, 0.717) is 30.3 Å². The van der Waals surface area contributed by atoms with Crippen molar-refractivity contribution >= 4 is 5.91 Å². The molecule has 1 aliphatic carbocycles. The fourth-order valence-corrected chi connectivity index (χ4v) is 3.07. The second-order valence-electron chi connectivity index (χ2n) is 6.13. The molecule has 2 atom stereocenters. The summed E-state index contributed by atoms with van der Waals surface area (Å²) < 4.78 is 5.18. The molecular weight excluding hydrogens is 308 g/mol. The number of nitrogens with one attached hydrogen (secondary N) is 1. The van der Waals surface area contributed by atoms with Crippen LogP contribution in [-0.4, -0.2) is 38.8 Å². The van der Waals surface area contributed by atoms with Crippen molar-refractivity contribution in [3.63, 3.8) is 0 Å². The van der Waals surface area contributed by atoms with E-state index in [-0.39, 0.29) is 24.5 Å². The molecule has 7 nitrogen and oxygen atoms in total. The van der Waals surface area contributed by atoms with Gasteiger partial charge in [0.25, 0.3) is 0 Å². The third kappa shape index (κ3) is 4.17. The summed E-state index contributed by atoms with van der Waals surface area (Å²) >= 11 is 0. The highest BCUT2D eigenvalue weighted by atomic mass is 16.5. The molecule has 2 aromatic rings. The molecule has 2 unspecified atom stereocenters. The molecule has 0 aliphatic heterocycles. The van der Waals surface area contributed by atoms with Crippen molar-refractivity contribution in [2.45, 2.75) is 44.6 Å². The minimum absolute atomic E-state index is 0.0436. The molecule has 0 bridgehead atoms. The van der Waals surface area contributed by atoms with Gasteiger partial charge in [-0.2, -0.15) is 4.98 Å². The molecule has 0 aromatic carbocycles. The van der Waals surface area contributed by atoms with Gasteiger partial charge in [-0.05, 0) is 25.0 Å². The molecule has 1 aliphatic rings. The van der Waals surface area contributed by atoms with Gasteiger partial charge in [-0.3, -0.25) is 9.78 Å². The average Bonchev–Trinajstić information content (AvgIpc) is 3.10. The monoisotopic (exact) mass is 330 g/mol. The topological polar surface area (TPSA) is 101 Å². The highest BCUT2D eigenvalue weighted by molar-refractivity contribution is 5.76. The molecular formula is C17H22N4O3. The Labute approximate surface area is 140 Å². The SMILES string of the molecule is O=C(CCc1nc(-c2ccccn2)no1)NC1CCCCC1CO. The maximum atomic E-state index is 12.1. The summed E-state index contributed by atoms with van der Waals surface area (Å²) in [6, 6.07) is 5.55. The van der Waals surface area contributed by atoms with Crippen LogP contribution in [0.1, 0.15) is 38.0 Å². The second kappa shape index (κ2) is 8.01. The van der Waals surface area contributed by atoms with Crippen LogP contribution < -0.4 is 5.32 Å². The highest BCUT2D eigenvalue weighted by Gasteiger charge is 2.25. The molecule has 2 aromatic heterocycles. The van der Waals surface area contributed by atoms with Crippen molar-refractivity contribution < 1.29 is 14.4 Å². The van der Waals surface area contributed by atoms with Crippen molar-refractivity contribution in [2.75, 3.05) is 6.61 Å². The zero-order valence-corrected chi connectivity index (χ0v) is 13.5. The number of aryl methyl sites for hydroxylation is 1. The lowest BCUT2D eigenvalue weighted by atomic mass is 9.85. The molecule has 128 valence electrons. The fourth-order valence-electron chi connectivity index (χ4n) is 3.07. The Morgan fingerprint density at radius 1 is 1.33 bits per heavy atom. The number of pyridine rings is 1. The van der Waals surface area contributed by atoms with Gasteiger partial charge >= 0.3 is 0 Å². The van der Waals surface area contributed by atoms with Gasteiger partial charge in [0, 0.05) is 37.6 Å². The lowest BCUT2D eigenvalue weighted by molar-refractivity contribution is -0.122. The number of aromatic nitrogens is 3. The summed E-state index contributed by atoms with van der Waals surface area (Å²) in [5, 5.41) is 16.3. The van der Waals surface area contributed by atoms with Crippen LogP contribution in [0.3, 0.4) is 0 Å². The summed E-state index contributed by atoms with van der Waals surface area (Å²) in [5.74, 6) is 0.978. The van der Waals surface area contributed by atoms with Gasteiger partial charge in [0.1, 0.15) is 5.69 Å². The predicted molar refractivity (Wildman–Crippen MR) is 86.8 cm³/mol. The van der Waals surface area contributed by atoms with Crippen LogP contribution in [0.15, 0.2) is 28.9 Å². The number of amides is 1. The van der Waals surface area contributed by atoms with Gasteiger partial charge in [0.2, 0.25) is 17.6 Å². The first kappa shape index (κ1) is 16.6. The predicted octanol–water partition coefficient (Wildman–Crippen LogP) is 1.73. The number of aliphatic hydroxyl groups excluding tert-OH is 1. The number of rotatable bonds is 6. The first-order chi connectivity index (χ1) is 11.8. The molecule has 3 rings (SSSR count). The largest absolute Gasteiger partial charge is 0.396 e. The van der Waals surface area contributed by atoms with Crippen molar-refractivity contribution in [2.24, 2.45) is 5.92 Å². The van der Waals surface area contributed by atoms with E-state index in [9.17, 15) is 9.90 Å².